The molecule has 11 nitrogen and oxygen atoms in total. The summed E-state index contributed by atoms with van der Waals surface area (Å²) in [5.41, 5.74) is 4.57. The Morgan fingerprint density at radius 1 is 1.16 bits per heavy atom. The van der Waals surface area contributed by atoms with Gasteiger partial charge in [-0.15, -0.1) is 5.10 Å². The fourth-order valence-electron chi connectivity index (χ4n) is 2.15. The van der Waals surface area contributed by atoms with Gasteiger partial charge in [0.15, 0.2) is 0 Å². The van der Waals surface area contributed by atoms with Gasteiger partial charge in [-0.25, -0.2) is 0 Å². The summed E-state index contributed by atoms with van der Waals surface area (Å²) in [6.45, 7) is 1.71. The number of anilines is 1. The maximum Gasteiger partial charge on any atom is 0.301 e. The van der Waals surface area contributed by atoms with Crippen molar-refractivity contribution < 1.29 is 9.85 Å². The summed E-state index contributed by atoms with van der Waals surface area (Å²) < 4.78 is 0. The van der Waals surface area contributed by atoms with Crippen molar-refractivity contribution in [3.05, 3.63) is 62.2 Å². The number of rotatable bonds is 5. The first kappa shape index (κ1) is 16.0. The second-order valence-corrected chi connectivity index (χ2v) is 5.07. The highest BCUT2D eigenvalue weighted by Crippen LogP contribution is 2.29. The summed E-state index contributed by atoms with van der Waals surface area (Å²) in [6, 6.07) is 8.65. The summed E-state index contributed by atoms with van der Waals surface area (Å²) in [4.78, 5) is 20.4. The Bertz CT molecular complexity index is 1010. The summed E-state index contributed by atoms with van der Waals surface area (Å²) in [6.07, 6.45) is 0. The SMILES string of the molecule is C/C(=N\Nc1ccc([N+](=O)[O-])cc1[N+](=O)[O-])c1ccc2[nH]nnc2c1. The third kappa shape index (κ3) is 3.24. The number of nitrogens with one attached hydrogen (secondary N) is 2. The van der Waals surface area contributed by atoms with E-state index in [0.717, 1.165) is 17.1 Å². The summed E-state index contributed by atoms with van der Waals surface area (Å²) >= 11 is 0. The first-order valence-electron chi connectivity index (χ1n) is 7.00. The number of benzene rings is 2. The monoisotopic (exact) mass is 341 g/mol. The standard InChI is InChI=1S/C14H11N7O4/c1-8(9-2-4-11-13(6-9)18-19-17-11)15-16-12-5-3-10(20(22)23)7-14(12)21(24)25/h2-7,16H,1H3,(H,17,18,19)/b15-8+. The molecule has 0 spiro atoms. The van der Waals surface area contributed by atoms with Gasteiger partial charge in [0.25, 0.3) is 5.69 Å². The van der Waals surface area contributed by atoms with Gasteiger partial charge in [-0.3, -0.25) is 30.8 Å². The molecule has 0 aliphatic carbocycles. The number of nitrogens with zero attached hydrogens (tertiary/aromatic N) is 5. The Balaban J connectivity index is 1.89. The quantitative estimate of drug-likeness (QED) is 0.411. The van der Waals surface area contributed by atoms with Gasteiger partial charge in [0.1, 0.15) is 11.2 Å². The number of aromatic amines is 1. The van der Waals surface area contributed by atoms with Crippen molar-refractivity contribution in [3.63, 3.8) is 0 Å². The molecule has 0 radical (unpaired) electrons. The molecule has 0 saturated heterocycles. The van der Waals surface area contributed by atoms with Crippen LogP contribution in [0.25, 0.3) is 11.0 Å². The zero-order chi connectivity index (χ0) is 18.0. The fourth-order valence-corrected chi connectivity index (χ4v) is 2.15. The number of nitro groups is 2. The molecule has 0 aliphatic rings. The van der Waals surface area contributed by atoms with E-state index in [1.54, 1.807) is 25.1 Å². The lowest BCUT2D eigenvalue weighted by molar-refractivity contribution is -0.393. The second-order valence-electron chi connectivity index (χ2n) is 5.07. The minimum atomic E-state index is -0.707. The first-order valence-corrected chi connectivity index (χ1v) is 7.00. The highest BCUT2D eigenvalue weighted by Gasteiger charge is 2.19. The molecule has 25 heavy (non-hydrogen) atoms. The predicted molar refractivity (Wildman–Crippen MR) is 89.5 cm³/mol. The third-order valence-electron chi connectivity index (χ3n) is 3.48. The highest BCUT2D eigenvalue weighted by atomic mass is 16.6. The summed E-state index contributed by atoms with van der Waals surface area (Å²) in [7, 11) is 0. The van der Waals surface area contributed by atoms with Crippen LogP contribution in [0.1, 0.15) is 12.5 Å². The maximum atomic E-state index is 11.1. The Labute approximate surface area is 139 Å². The molecule has 1 heterocycles. The number of aromatic nitrogens is 3. The van der Waals surface area contributed by atoms with Gasteiger partial charge in [0, 0.05) is 6.07 Å². The van der Waals surface area contributed by atoms with Crippen LogP contribution >= 0.6 is 0 Å². The van der Waals surface area contributed by atoms with Crippen molar-refractivity contribution in [2.45, 2.75) is 6.92 Å². The Morgan fingerprint density at radius 2 is 1.96 bits per heavy atom. The van der Waals surface area contributed by atoms with Gasteiger partial charge in [0.05, 0.1) is 27.1 Å². The molecule has 0 unspecified atom stereocenters. The van der Waals surface area contributed by atoms with Crippen LogP contribution in [0.5, 0.6) is 0 Å². The first-order chi connectivity index (χ1) is 12.0. The Kier molecular flexibility index (Phi) is 4.04. The minimum Gasteiger partial charge on any atom is -0.271 e. The van der Waals surface area contributed by atoms with E-state index >= 15 is 0 Å². The number of fused-ring (bicyclic) bond motifs is 1. The third-order valence-corrected chi connectivity index (χ3v) is 3.48. The molecule has 1 aromatic heterocycles. The molecule has 0 saturated carbocycles. The van der Waals surface area contributed by atoms with Crippen LogP contribution in [0, 0.1) is 20.2 Å². The lowest BCUT2D eigenvalue weighted by Crippen LogP contribution is -2.02. The van der Waals surface area contributed by atoms with E-state index in [1.165, 1.54) is 12.1 Å². The van der Waals surface area contributed by atoms with Crippen molar-refractivity contribution in [2.24, 2.45) is 5.10 Å². The molecule has 3 aromatic rings. The molecule has 0 atom stereocenters. The van der Waals surface area contributed by atoms with Crippen molar-refractivity contribution in [2.75, 3.05) is 5.43 Å². The van der Waals surface area contributed by atoms with E-state index in [9.17, 15) is 20.2 Å². The van der Waals surface area contributed by atoms with Crippen LogP contribution in [0.2, 0.25) is 0 Å². The number of hydrogen-bond acceptors (Lipinski definition) is 8. The van der Waals surface area contributed by atoms with Gasteiger partial charge in [-0.1, -0.05) is 11.3 Å². The van der Waals surface area contributed by atoms with Gasteiger partial charge >= 0.3 is 5.69 Å². The minimum absolute atomic E-state index is 0.0532. The van der Waals surface area contributed by atoms with E-state index < -0.39 is 15.5 Å². The molecule has 0 amide bonds. The van der Waals surface area contributed by atoms with E-state index in [-0.39, 0.29) is 11.4 Å². The van der Waals surface area contributed by atoms with Gasteiger partial charge < -0.3 is 0 Å². The van der Waals surface area contributed by atoms with E-state index in [2.05, 4.69) is 25.9 Å². The summed E-state index contributed by atoms with van der Waals surface area (Å²) in [5.74, 6) is 0. The van der Waals surface area contributed by atoms with Gasteiger partial charge in [-0.2, -0.15) is 5.10 Å². The number of nitro benzene ring substituents is 2. The van der Waals surface area contributed by atoms with E-state index in [4.69, 9.17) is 0 Å². The zero-order valence-electron chi connectivity index (χ0n) is 12.8. The van der Waals surface area contributed by atoms with E-state index in [1.807, 2.05) is 0 Å². The van der Waals surface area contributed by atoms with Crippen molar-refractivity contribution in [1.29, 1.82) is 0 Å². The molecule has 0 fully saturated rings. The van der Waals surface area contributed by atoms with Crippen LogP contribution in [-0.4, -0.2) is 31.0 Å². The molecule has 2 N–H and O–H groups in total. The topological polar surface area (TPSA) is 152 Å². The van der Waals surface area contributed by atoms with Crippen LogP contribution in [0.4, 0.5) is 17.1 Å². The lowest BCUT2D eigenvalue weighted by Gasteiger charge is -2.04. The van der Waals surface area contributed by atoms with Crippen LogP contribution in [0.15, 0.2) is 41.5 Å². The molecule has 0 aliphatic heterocycles. The largest absolute Gasteiger partial charge is 0.301 e. The Hall–Kier alpha value is -3.89. The van der Waals surface area contributed by atoms with Crippen LogP contribution in [0.3, 0.4) is 0 Å². The van der Waals surface area contributed by atoms with Crippen LogP contribution in [-0.2, 0) is 0 Å². The molecule has 11 heteroatoms. The maximum absolute atomic E-state index is 11.1. The van der Waals surface area contributed by atoms with E-state index in [0.29, 0.717) is 11.2 Å². The highest BCUT2D eigenvalue weighted by molar-refractivity contribution is 6.01. The number of H-pyrrole nitrogens is 1. The lowest BCUT2D eigenvalue weighted by atomic mass is 10.1. The van der Waals surface area contributed by atoms with Gasteiger partial charge in [-0.05, 0) is 30.7 Å². The average molecular weight is 341 g/mol. The molecule has 0 bridgehead atoms. The molecular formula is C14H11N7O4. The number of hydrazone groups is 1. The molecule has 126 valence electrons. The molecule has 3 rings (SSSR count). The van der Waals surface area contributed by atoms with Crippen LogP contribution < -0.4 is 5.43 Å². The second kappa shape index (κ2) is 6.31. The normalized spacial score (nSPS) is 11.5. The number of non-ortho nitro benzene ring substituents is 1. The van der Waals surface area contributed by atoms with Crippen molar-refractivity contribution in [1.82, 2.24) is 15.4 Å². The average Bonchev–Trinajstić information content (AvgIpc) is 3.06. The van der Waals surface area contributed by atoms with Crippen molar-refractivity contribution in [3.8, 4) is 0 Å². The smallest absolute Gasteiger partial charge is 0.271 e. The summed E-state index contributed by atoms with van der Waals surface area (Å²) in [5, 5.41) is 36.3. The van der Waals surface area contributed by atoms with Crippen molar-refractivity contribution >= 4 is 33.8 Å². The molecular weight excluding hydrogens is 330 g/mol. The fraction of sp³-hybridized carbons (Fsp3) is 0.0714. The zero-order valence-corrected chi connectivity index (χ0v) is 12.8. The number of hydrogen-bond donors (Lipinski definition) is 2. The van der Waals surface area contributed by atoms with Gasteiger partial charge in [0.2, 0.25) is 0 Å². The Morgan fingerprint density at radius 3 is 2.68 bits per heavy atom. The molecule has 2 aromatic carbocycles. The predicted octanol–water partition coefficient (Wildman–Crippen LogP) is 2.61.